The van der Waals surface area contributed by atoms with E-state index in [1.54, 1.807) is 12.4 Å². The zero-order valence-electron chi connectivity index (χ0n) is 17.0. The van der Waals surface area contributed by atoms with E-state index in [4.69, 9.17) is 4.74 Å². The Hall–Kier alpha value is -2.77. The second-order valence-electron chi connectivity index (χ2n) is 7.29. The van der Waals surface area contributed by atoms with E-state index in [0.29, 0.717) is 19.8 Å². The Morgan fingerprint density at radius 1 is 1.10 bits per heavy atom. The molecule has 0 aliphatic carbocycles. The second kappa shape index (κ2) is 10.1. The number of anilines is 1. The van der Waals surface area contributed by atoms with E-state index in [1.807, 2.05) is 44.2 Å². The maximum atomic E-state index is 12.4. The maximum Gasteiger partial charge on any atom is 0.233 e. The second-order valence-corrected chi connectivity index (χ2v) is 7.29. The molecule has 2 N–H and O–H groups in total. The van der Waals surface area contributed by atoms with Gasteiger partial charge in [-0.1, -0.05) is 12.1 Å². The van der Waals surface area contributed by atoms with Gasteiger partial charge in [0.2, 0.25) is 11.8 Å². The first-order chi connectivity index (χ1) is 14.0. The Labute approximate surface area is 171 Å². The van der Waals surface area contributed by atoms with Crippen LogP contribution >= 0.6 is 0 Å². The molecular formula is C22H28N4O3. The minimum absolute atomic E-state index is 0.0212. The molecule has 1 fully saturated rings. The molecule has 1 saturated heterocycles. The topological polar surface area (TPSA) is 83.6 Å². The van der Waals surface area contributed by atoms with Crippen LogP contribution in [-0.2, 0) is 14.3 Å². The minimum atomic E-state index is -0.317. The van der Waals surface area contributed by atoms with Gasteiger partial charge in [0.15, 0.2) is 0 Å². The van der Waals surface area contributed by atoms with Gasteiger partial charge in [-0.15, -0.1) is 0 Å². The van der Waals surface area contributed by atoms with Gasteiger partial charge < -0.3 is 15.4 Å². The molecule has 1 aromatic carbocycles. The van der Waals surface area contributed by atoms with Crippen LogP contribution in [0.15, 0.2) is 42.7 Å². The van der Waals surface area contributed by atoms with E-state index < -0.39 is 0 Å². The van der Waals surface area contributed by atoms with Crippen LogP contribution in [0.4, 0.5) is 5.69 Å². The molecule has 7 nitrogen and oxygen atoms in total. The van der Waals surface area contributed by atoms with Gasteiger partial charge in [0.1, 0.15) is 6.42 Å². The highest BCUT2D eigenvalue weighted by Crippen LogP contribution is 2.21. The minimum Gasteiger partial charge on any atom is -0.379 e. The summed E-state index contributed by atoms with van der Waals surface area (Å²) < 4.78 is 5.44. The Morgan fingerprint density at radius 2 is 1.83 bits per heavy atom. The Balaban J connectivity index is 1.56. The molecular weight excluding hydrogens is 368 g/mol. The van der Waals surface area contributed by atoms with Crippen LogP contribution in [-0.4, -0.2) is 54.5 Å². The highest BCUT2D eigenvalue weighted by Gasteiger charge is 2.23. The summed E-state index contributed by atoms with van der Waals surface area (Å²) in [6.45, 7) is 7.27. The predicted octanol–water partition coefficient (Wildman–Crippen LogP) is 2.22. The summed E-state index contributed by atoms with van der Waals surface area (Å²) in [7, 11) is 0. The monoisotopic (exact) mass is 396 g/mol. The number of aryl methyl sites for hydroxylation is 2. The number of carbonyl (C=O) groups excluding carboxylic acids is 2. The fourth-order valence-corrected chi connectivity index (χ4v) is 3.42. The summed E-state index contributed by atoms with van der Waals surface area (Å²) in [5, 5.41) is 5.75. The third-order valence-corrected chi connectivity index (χ3v) is 5.06. The van der Waals surface area contributed by atoms with E-state index in [9.17, 15) is 9.59 Å². The van der Waals surface area contributed by atoms with Crippen molar-refractivity contribution in [2.24, 2.45) is 0 Å². The first kappa shape index (κ1) is 21.0. The van der Waals surface area contributed by atoms with Crippen molar-refractivity contribution in [2.75, 3.05) is 38.2 Å². The van der Waals surface area contributed by atoms with Gasteiger partial charge >= 0.3 is 0 Å². The van der Waals surface area contributed by atoms with Gasteiger partial charge in [-0.3, -0.25) is 19.5 Å². The molecule has 2 heterocycles. The fraction of sp³-hybridized carbons (Fsp3) is 0.409. The van der Waals surface area contributed by atoms with Gasteiger partial charge in [-0.05, 0) is 48.7 Å². The van der Waals surface area contributed by atoms with Crippen LogP contribution in [0.1, 0.15) is 29.2 Å². The van der Waals surface area contributed by atoms with E-state index in [2.05, 4.69) is 20.5 Å². The van der Waals surface area contributed by atoms with E-state index >= 15 is 0 Å². The van der Waals surface area contributed by atoms with Crippen molar-refractivity contribution in [3.05, 3.63) is 59.4 Å². The molecule has 1 atom stereocenters. The predicted molar refractivity (Wildman–Crippen MR) is 112 cm³/mol. The average molecular weight is 396 g/mol. The van der Waals surface area contributed by atoms with Crippen molar-refractivity contribution in [2.45, 2.75) is 26.3 Å². The smallest absolute Gasteiger partial charge is 0.233 e. The highest BCUT2D eigenvalue weighted by molar-refractivity contribution is 6.03. The zero-order chi connectivity index (χ0) is 20.6. The SMILES string of the molecule is Cc1ccc(C)c(NC(=O)CC(=O)NC[C@H](c2ccncc2)N2CCOCC2)c1. The van der Waals surface area contributed by atoms with E-state index in [1.165, 1.54) is 0 Å². The van der Waals surface area contributed by atoms with Crippen LogP contribution in [0, 0.1) is 13.8 Å². The quantitative estimate of drug-likeness (QED) is 0.701. The van der Waals surface area contributed by atoms with Crippen molar-refractivity contribution >= 4 is 17.5 Å². The molecule has 2 amide bonds. The molecule has 0 radical (unpaired) electrons. The average Bonchev–Trinajstić information content (AvgIpc) is 2.72. The molecule has 29 heavy (non-hydrogen) atoms. The maximum absolute atomic E-state index is 12.4. The number of hydrogen-bond donors (Lipinski definition) is 2. The first-order valence-corrected chi connectivity index (χ1v) is 9.88. The van der Waals surface area contributed by atoms with Crippen LogP contribution < -0.4 is 10.6 Å². The lowest BCUT2D eigenvalue weighted by Crippen LogP contribution is -2.44. The number of ether oxygens (including phenoxy) is 1. The lowest BCUT2D eigenvalue weighted by atomic mass is 10.1. The Kier molecular flexibility index (Phi) is 7.32. The molecule has 154 valence electrons. The Morgan fingerprint density at radius 3 is 2.55 bits per heavy atom. The summed E-state index contributed by atoms with van der Waals surface area (Å²) >= 11 is 0. The molecule has 0 spiro atoms. The first-order valence-electron chi connectivity index (χ1n) is 9.88. The standard InChI is InChI=1S/C22H28N4O3/c1-16-3-4-17(2)19(13-16)25-22(28)14-21(27)24-15-20(18-5-7-23-8-6-18)26-9-11-29-12-10-26/h3-8,13,20H,9-12,14-15H2,1-2H3,(H,24,27)(H,25,28)/t20-/m1/s1. The normalized spacial score (nSPS) is 15.5. The van der Waals surface area contributed by atoms with Gasteiger partial charge in [-0.25, -0.2) is 0 Å². The number of nitrogens with one attached hydrogen (secondary N) is 2. The molecule has 1 aliphatic rings. The summed E-state index contributed by atoms with van der Waals surface area (Å²) in [5.41, 5.74) is 3.85. The number of hydrogen-bond acceptors (Lipinski definition) is 5. The third kappa shape index (κ3) is 6.10. The molecule has 1 aliphatic heterocycles. The van der Waals surface area contributed by atoms with Crippen LogP contribution in [0.25, 0.3) is 0 Å². The number of carbonyl (C=O) groups is 2. The van der Waals surface area contributed by atoms with Gasteiger partial charge in [0.25, 0.3) is 0 Å². The molecule has 7 heteroatoms. The number of rotatable bonds is 7. The molecule has 3 rings (SSSR count). The largest absolute Gasteiger partial charge is 0.379 e. The molecule has 0 bridgehead atoms. The number of pyridine rings is 1. The summed E-state index contributed by atoms with van der Waals surface area (Å²) in [6.07, 6.45) is 3.30. The van der Waals surface area contributed by atoms with Crippen molar-refractivity contribution < 1.29 is 14.3 Å². The van der Waals surface area contributed by atoms with Gasteiger partial charge in [-0.2, -0.15) is 0 Å². The van der Waals surface area contributed by atoms with Crippen LogP contribution in [0.2, 0.25) is 0 Å². The number of morpholine rings is 1. The number of benzene rings is 1. The molecule has 0 unspecified atom stereocenters. The molecule has 2 aromatic rings. The number of amides is 2. The molecule has 1 aromatic heterocycles. The lowest BCUT2D eigenvalue weighted by Gasteiger charge is -2.34. The Bertz CT molecular complexity index is 835. The van der Waals surface area contributed by atoms with Crippen molar-refractivity contribution in [1.29, 1.82) is 0 Å². The van der Waals surface area contributed by atoms with E-state index in [-0.39, 0.29) is 24.3 Å². The van der Waals surface area contributed by atoms with Crippen molar-refractivity contribution in [3.63, 3.8) is 0 Å². The number of aromatic nitrogens is 1. The summed E-state index contributed by atoms with van der Waals surface area (Å²) in [4.78, 5) is 31.0. The lowest BCUT2D eigenvalue weighted by molar-refractivity contribution is -0.127. The van der Waals surface area contributed by atoms with Gasteiger partial charge in [0, 0.05) is 37.7 Å². The molecule has 0 saturated carbocycles. The summed E-state index contributed by atoms with van der Waals surface area (Å²) in [5.74, 6) is -0.608. The fourth-order valence-electron chi connectivity index (χ4n) is 3.42. The van der Waals surface area contributed by atoms with E-state index in [0.717, 1.165) is 35.5 Å². The van der Waals surface area contributed by atoms with Crippen molar-refractivity contribution in [3.8, 4) is 0 Å². The van der Waals surface area contributed by atoms with Crippen molar-refractivity contribution in [1.82, 2.24) is 15.2 Å². The third-order valence-electron chi connectivity index (χ3n) is 5.06. The summed E-state index contributed by atoms with van der Waals surface area (Å²) in [6, 6.07) is 9.78. The number of nitrogens with zero attached hydrogens (tertiary/aromatic N) is 2. The zero-order valence-corrected chi connectivity index (χ0v) is 17.0. The highest BCUT2D eigenvalue weighted by atomic mass is 16.5. The van der Waals surface area contributed by atoms with Gasteiger partial charge in [0.05, 0.1) is 19.3 Å². The van der Waals surface area contributed by atoms with Crippen LogP contribution in [0.3, 0.4) is 0 Å². The van der Waals surface area contributed by atoms with Crippen LogP contribution in [0.5, 0.6) is 0 Å².